The fraction of sp³-hybridized carbons (Fsp3) is 0.538. The molecular weight excluding hydrogens is 186 g/mol. The molecule has 2 heteroatoms. The highest BCUT2D eigenvalue weighted by Crippen LogP contribution is 2.17. The Labute approximate surface area is 92.3 Å². The number of nitrogens with one attached hydrogen (secondary N) is 1. The van der Waals surface area contributed by atoms with Crippen molar-refractivity contribution in [1.29, 1.82) is 0 Å². The second-order valence-corrected chi connectivity index (χ2v) is 4.47. The highest BCUT2D eigenvalue weighted by atomic mass is 16.3. The summed E-state index contributed by atoms with van der Waals surface area (Å²) in [4.78, 5) is 0. The molecule has 1 aromatic carbocycles. The molecule has 0 heterocycles. The smallest absolute Gasteiger partial charge is 0.0940 e. The van der Waals surface area contributed by atoms with Crippen molar-refractivity contribution in [2.24, 2.45) is 0 Å². The summed E-state index contributed by atoms with van der Waals surface area (Å²) in [5, 5.41) is 13.4. The molecule has 2 N–H and O–H groups in total. The van der Waals surface area contributed by atoms with Gasteiger partial charge in [0.05, 0.1) is 6.10 Å². The summed E-state index contributed by atoms with van der Waals surface area (Å²) < 4.78 is 0. The van der Waals surface area contributed by atoms with Crippen LogP contribution in [0.25, 0.3) is 0 Å². The minimum Gasteiger partial charge on any atom is -0.387 e. The van der Waals surface area contributed by atoms with E-state index in [4.69, 9.17) is 0 Å². The largest absolute Gasteiger partial charge is 0.387 e. The Balaban J connectivity index is 2.71. The Morgan fingerprint density at radius 1 is 1.20 bits per heavy atom. The lowest BCUT2D eigenvalue weighted by Crippen LogP contribution is -2.36. The summed E-state index contributed by atoms with van der Waals surface area (Å²) in [6.07, 6.45) is -0.438. The standard InChI is InChI=1S/C13H21NO/c1-9(2)14-11(4)13(15)12-7-5-6-10(3)8-12/h5-9,11,13-15H,1-4H3. The number of aryl methyl sites for hydroxylation is 1. The number of aliphatic hydroxyl groups is 1. The molecule has 2 atom stereocenters. The van der Waals surface area contributed by atoms with Crippen LogP contribution < -0.4 is 5.32 Å². The van der Waals surface area contributed by atoms with Gasteiger partial charge in [0.15, 0.2) is 0 Å². The first-order chi connectivity index (χ1) is 7.00. The first kappa shape index (κ1) is 12.2. The van der Waals surface area contributed by atoms with E-state index in [9.17, 15) is 5.11 Å². The zero-order chi connectivity index (χ0) is 11.4. The van der Waals surface area contributed by atoms with Gasteiger partial charge in [-0.3, -0.25) is 0 Å². The van der Waals surface area contributed by atoms with E-state index in [1.165, 1.54) is 5.56 Å². The molecule has 0 amide bonds. The SMILES string of the molecule is Cc1cccc(C(O)C(C)NC(C)C)c1. The molecule has 84 valence electrons. The first-order valence-electron chi connectivity index (χ1n) is 5.51. The predicted molar refractivity (Wildman–Crippen MR) is 63.9 cm³/mol. The Bertz CT molecular complexity index is 309. The molecule has 1 aromatic rings. The second kappa shape index (κ2) is 5.29. The van der Waals surface area contributed by atoms with Crippen molar-refractivity contribution in [2.45, 2.75) is 45.9 Å². The van der Waals surface area contributed by atoms with Gasteiger partial charge in [-0.25, -0.2) is 0 Å². The fourth-order valence-corrected chi connectivity index (χ4v) is 1.76. The monoisotopic (exact) mass is 207 g/mol. The van der Waals surface area contributed by atoms with Crippen LogP contribution in [0.4, 0.5) is 0 Å². The van der Waals surface area contributed by atoms with E-state index in [0.29, 0.717) is 6.04 Å². The quantitative estimate of drug-likeness (QED) is 0.794. The van der Waals surface area contributed by atoms with Crippen molar-refractivity contribution in [2.75, 3.05) is 0 Å². The summed E-state index contributed by atoms with van der Waals surface area (Å²) in [7, 11) is 0. The van der Waals surface area contributed by atoms with Crippen molar-refractivity contribution in [1.82, 2.24) is 5.32 Å². The summed E-state index contributed by atoms with van der Waals surface area (Å²) in [5.74, 6) is 0. The van der Waals surface area contributed by atoms with Crippen LogP contribution in [0.2, 0.25) is 0 Å². The van der Waals surface area contributed by atoms with Crippen LogP contribution in [0.5, 0.6) is 0 Å². The van der Waals surface area contributed by atoms with Crippen molar-refractivity contribution in [3.05, 3.63) is 35.4 Å². The maximum atomic E-state index is 10.1. The fourth-order valence-electron chi connectivity index (χ4n) is 1.76. The average Bonchev–Trinajstić information content (AvgIpc) is 2.15. The van der Waals surface area contributed by atoms with Gasteiger partial charge in [-0.1, -0.05) is 43.7 Å². The van der Waals surface area contributed by atoms with E-state index in [2.05, 4.69) is 19.2 Å². The van der Waals surface area contributed by atoms with Gasteiger partial charge in [0.25, 0.3) is 0 Å². The third-order valence-corrected chi connectivity index (χ3v) is 2.45. The minimum absolute atomic E-state index is 0.0757. The van der Waals surface area contributed by atoms with Gasteiger partial charge >= 0.3 is 0 Å². The molecule has 0 radical (unpaired) electrons. The van der Waals surface area contributed by atoms with Crippen LogP contribution in [0.1, 0.15) is 38.0 Å². The molecule has 0 aliphatic carbocycles. The zero-order valence-corrected chi connectivity index (χ0v) is 9.99. The third kappa shape index (κ3) is 3.65. The van der Waals surface area contributed by atoms with Gasteiger partial charge in [0, 0.05) is 12.1 Å². The molecule has 0 bridgehead atoms. The van der Waals surface area contributed by atoms with Crippen LogP contribution in [-0.4, -0.2) is 17.2 Å². The van der Waals surface area contributed by atoms with Crippen LogP contribution in [-0.2, 0) is 0 Å². The lowest BCUT2D eigenvalue weighted by atomic mass is 10.0. The molecule has 0 spiro atoms. The molecule has 0 aliphatic heterocycles. The number of benzene rings is 1. The molecule has 0 aliphatic rings. The van der Waals surface area contributed by atoms with Gasteiger partial charge in [0.2, 0.25) is 0 Å². The summed E-state index contributed by atoms with van der Waals surface area (Å²) >= 11 is 0. The third-order valence-electron chi connectivity index (χ3n) is 2.45. The molecule has 0 aromatic heterocycles. The molecule has 0 saturated carbocycles. The van der Waals surface area contributed by atoms with Gasteiger partial charge in [-0.15, -0.1) is 0 Å². The molecule has 1 rings (SSSR count). The molecule has 0 saturated heterocycles. The molecule has 2 nitrogen and oxygen atoms in total. The van der Waals surface area contributed by atoms with Gasteiger partial charge in [0.1, 0.15) is 0 Å². The molecule has 0 fully saturated rings. The summed E-state index contributed by atoms with van der Waals surface area (Å²) in [5.41, 5.74) is 2.17. The van der Waals surface area contributed by atoms with Gasteiger partial charge < -0.3 is 10.4 Å². The van der Waals surface area contributed by atoms with E-state index in [1.807, 2.05) is 38.1 Å². The molecular formula is C13H21NO. The lowest BCUT2D eigenvalue weighted by molar-refractivity contribution is 0.131. The van der Waals surface area contributed by atoms with Crippen molar-refractivity contribution in [3.8, 4) is 0 Å². The Morgan fingerprint density at radius 2 is 1.87 bits per heavy atom. The Hall–Kier alpha value is -0.860. The summed E-state index contributed by atoms with van der Waals surface area (Å²) in [6.45, 7) is 8.21. The predicted octanol–water partition coefficient (Wildman–Crippen LogP) is 2.41. The van der Waals surface area contributed by atoms with Crippen LogP contribution in [0.15, 0.2) is 24.3 Å². The van der Waals surface area contributed by atoms with E-state index in [1.54, 1.807) is 0 Å². The minimum atomic E-state index is -0.438. The second-order valence-electron chi connectivity index (χ2n) is 4.47. The summed E-state index contributed by atoms with van der Waals surface area (Å²) in [6, 6.07) is 8.48. The highest BCUT2D eigenvalue weighted by Gasteiger charge is 2.16. The normalized spacial score (nSPS) is 15.3. The number of hydrogen-bond donors (Lipinski definition) is 2. The molecule has 15 heavy (non-hydrogen) atoms. The van der Waals surface area contributed by atoms with E-state index < -0.39 is 6.10 Å². The van der Waals surface area contributed by atoms with E-state index in [-0.39, 0.29) is 6.04 Å². The Morgan fingerprint density at radius 3 is 2.40 bits per heavy atom. The van der Waals surface area contributed by atoms with Gasteiger partial charge in [-0.05, 0) is 19.4 Å². The first-order valence-corrected chi connectivity index (χ1v) is 5.51. The molecule has 2 unspecified atom stereocenters. The number of rotatable bonds is 4. The van der Waals surface area contributed by atoms with E-state index in [0.717, 1.165) is 5.56 Å². The van der Waals surface area contributed by atoms with E-state index >= 15 is 0 Å². The lowest BCUT2D eigenvalue weighted by Gasteiger charge is -2.23. The maximum Gasteiger partial charge on any atom is 0.0940 e. The van der Waals surface area contributed by atoms with Crippen LogP contribution in [0.3, 0.4) is 0 Å². The van der Waals surface area contributed by atoms with Crippen LogP contribution >= 0.6 is 0 Å². The topological polar surface area (TPSA) is 32.3 Å². The Kier molecular flexibility index (Phi) is 4.30. The highest BCUT2D eigenvalue weighted by molar-refractivity contribution is 5.24. The zero-order valence-electron chi connectivity index (χ0n) is 9.99. The maximum absolute atomic E-state index is 10.1. The van der Waals surface area contributed by atoms with Crippen molar-refractivity contribution in [3.63, 3.8) is 0 Å². The van der Waals surface area contributed by atoms with Crippen molar-refractivity contribution < 1.29 is 5.11 Å². The van der Waals surface area contributed by atoms with Gasteiger partial charge in [-0.2, -0.15) is 0 Å². The average molecular weight is 207 g/mol. The number of hydrogen-bond acceptors (Lipinski definition) is 2. The van der Waals surface area contributed by atoms with Crippen molar-refractivity contribution >= 4 is 0 Å². The number of aliphatic hydroxyl groups excluding tert-OH is 1. The van der Waals surface area contributed by atoms with Crippen LogP contribution in [0, 0.1) is 6.92 Å².